The van der Waals surface area contributed by atoms with Gasteiger partial charge in [-0.3, -0.25) is 9.29 Å². The molecule has 0 spiro atoms. The highest BCUT2D eigenvalue weighted by molar-refractivity contribution is 6.01. The van der Waals surface area contributed by atoms with E-state index in [1.165, 1.54) is 17.2 Å². The first kappa shape index (κ1) is 24.7. The zero-order valence-corrected chi connectivity index (χ0v) is 21.3. The van der Waals surface area contributed by atoms with Crippen molar-refractivity contribution >= 4 is 17.2 Å². The third-order valence-electron chi connectivity index (χ3n) is 7.66. The van der Waals surface area contributed by atoms with Gasteiger partial charge in [0.1, 0.15) is 11.9 Å². The molecule has 1 aliphatic carbocycles. The van der Waals surface area contributed by atoms with Crippen LogP contribution in [0, 0.1) is 5.82 Å². The summed E-state index contributed by atoms with van der Waals surface area (Å²) >= 11 is 0. The van der Waals surface area contributed by atoms with Crippen LogP contribution in [-0.2, 0) is 6.42 Å². The number of allylic oxidation sites excluding steroid dienone is 1. The molecule has 1 atom stereocenters. The van der Waals surface area contributed by atoms with Gasteiger partial charge >= 0.3 is 0 Å². The number of phenols is 1. The molecule has 6 rings (SSSR count). The zero-order valence-electron chi connectivity index (χ0n) is 21.3. The number of rotatable bonds is 7. The Kier molecular flexibility index (Phi) is 6.90. The summed E-state index contributed by atoms with van der Waals surface area (Å²) in [6.07, 6.45) is 7.41. The minimum absolute atomic E-state index is 0.0794. The maximum Gasteiger partial charge on any atom is 0.207 e. The fraction of sp³-hybridized carbons (Fsp3) is 0.312. The summed E-state index contributed by atoms with van der Waals surface area (Å²) in [5.74, 6) is -0.305. The lowest BCUT2D eigenvalue weighted by atomic mass is 9.87. The van der Waals surface area contributed by atoms with Crippen molar-refractivity contribution in [2.45, 2.75) is 31.8 Å². The van der Waals surface area contributed by atoms with E-state index in [1.807, 2.05) is 24.3 Å². The van der Waals surface area contributed by atoms with Crippen molar-refractivity contribution in [3.05, 3.63) is 94.3 Å². The third-order valence-corrected chi connectivity index (χ3v) is 7.66. The number of hydrogen-bond donors (Lipinski definition) is 1. The molecule has 0 unspecified atom stereocenters. The lowest BCUT2D eigenvalue weighted by Crippen LogP contribution is -2.26. The van der Waals surface area contributed by atoms with E-state index < -0.39 is 11.6 Å². The average molecular weight is 516 g/mol. The molecule has 0 bridgehead atoms. The van der Waals surface area contributed by atoms with Crippen LogP contribution in [0.1, 0.15) is 47.1 Å². The summed E-state index contributed by atoms with van der Waals surface area (Å²) < 4.78 is 39.6. The SMILES string of the molecule is Oc1ccc2c(c1F)OCCC(c1ccc3c(c1)C=CC3)=C2c1ccc(O[C@H]2CCN(CCCF)C2)cc1. The van der Waals surface area contributed by atoms with Crippen molar-refractivity contribution in [2.75, 3.05) is 32.9 Å². The molecule has 1 N–H and O–H groups in total. The Balaban J connectivity index is 1.36. The monoisotopic (exact) mass is 515 g/mol. The predicted octanol–water partition coefficient (Wildman–Crippen LogP) is 6.65. The van der Waals surface area contributed by atoms with Gasteiger partial charge in [0.2, 0.25) is 5.82 Å². The van der Waals surface area contributed by atoms with Gasteiger partial charge in [-0.2, -0.15) is 4.39 Å². The highest BCUT2D eigenvalue weighted by Crippen LogP contribution is 2.44. The standard InChI is InChI=1S/C32H31F2NO3/c33-15-2-16-35-17-13-26(20-35)38-25-9-7-22(8-10-25)30-27(24-6-5-21-3-1-4-23(21)19-24)14-18-37-32-28(30)11-12-29(36)31(32)34/h1,4-12,19,26,36H,2-3,13-18,20H2/t26-/m0/s1. The molecular formula is C32H31F2NO3. The second-order valence-corrected chi connectivity index (χ2v) is 10.1. The van der Waals surface area contributed by atoms with E-state index in [-0.39, 0.29) is 18.5 Å². The fourth-order valence-electron chi connectivity index (χ4n) is 5.75. The maximum atomic E-state index is 15.0. The molecule has 3 aliphatic rings. The first-order chi connectivity index (χ1) is 18.6. The van der Waals surface area contributed by atoms with E-state index in [2.05, 4.69) is 35.3 Å². The molecule has 1 saturated heterocycles. The number of nitrogens with zero attached hydrogens (tertiary/aromatic N) is 1. The van der Waals surface area contributed by atoms with Crippen molar-refractivity contribution in [1.29, 1.82) is 0 Å². The van der Waals surface area contributed by atoms with E-state index >= 15 is 4.39 Å². The quantitative estimate of drug-likeness (QED) is 0.382. The summed E-state index contributed by atoms with van der Waals surface area (Å²) in [6.45, 7) is 2.50. The number of phenolic OH excluding ortho intramolecular Hbond substituents is 1. The Labute approximate surface area is 221 Å². The number of hydrogen-bond acceptors (Lipinski definition) is 4. The van der Waals surface area contributed by atoms with Gasteiger partial charge in [0, 0.05) is 31.6 Å². The van der Waals surface area contributed by atoms with Gasteiger partial charge in [0.25, 0.3) is 0 Å². The summed E-state index contributed by atoms with van der Waals surface area (Å²) in [6, 6.07) is 17.5. The zero-order chi connectivity index (χ0) is 26.1. The second kappa shape index (κ2) is 10.6. The highest BCUT2D eigenvalue weighted by atomic mass is 19.1. The minimum Gasteiger partial charge on any atom is -0.505 e. The molecule has 0 saturated carbocycles. The van der Waals surface area contributed by atoms with Crippen LogP contribution >= 0.6 is 0 Å². The summed E-state index contributed by atoms with van der Waals surface area (Å²) in [4.78, 5) is 2.24. The van der Waals surface area contributed by atoms with Crippen LogP contribution in [0.2, 0.25) is 0 Å². The van der Waals surface area contributed by atoms with Gasteiger partial charge in [-0.25, -0.2) is 0 Å². The summed E-state index contributed by atoms with van der Waals surface area (Å²) in [5.41, 5.74) is 7.10. The Morgan fingerprint density at radius 3 is 2.74 bits per heavy atom. The molecule has 0 amide bonds. The third kappa shape index (κ3) is 4.81. The molecule has 2 heterocycles. The van der Waals surface area contributed by atoms with Crippen LogP contribution < -0.4 is 9.47 Å². The lowest BCUT2D eigenvalue weighted by molar-refractivity contribution is 0.198. The Bertz CT molecular complexity index is 1400. The average Bonchev–Trinajstić information content (AvgIpc) is 3.55. The van der Waals surface area contributed by atoms with E-state index in [1.54, 1.807) is 6.07 Å². The normalized spacial score (nSPS) is 18.7. The number of aromatic hydroxyl groups is 1. The van der Waals surface area contributed by atoms with Crippen molar-refractivity contribution in [3.8, 4) is 17.2 Å². The van der Waals surface area contributed by atoms with Gasteiger partial charge in [-0.1, -0.05) is 36.4 Å². The van der Waals surface area contributed by atoms with Crippen LogP contribution in [0.15, 0.2) is 60.7 Å². The van der Waals surface area contributed by atoms with Crippen LogP contribution in [0.5, 0.6) is 17.2 Å². The first-order valence-electron chi connectivity index (χ1n) is 13.3. The molecule has 2 aliphatic heterocycles. The number of fused-ring (bicyclic) bond motifs is 2. The Morgan fingerprint density at radius 1 is 1.05 bits per heavy atom. The fourth-order valence-corrected chi connectivity index (χ4v) is 5.75. The van der Waals surface area contributed by atoms with Crippen molar-refractivity contribution in [1.82, 2.24) is 4.90 Å². The second-order valence-electron chi connectivity index (χ2n) is 10.1. The van der Waals surface area contributed by atoms with Crippen molar-refractivity contribution in [2.24, 2.45) is 0 Å². The summed E-state index contributed by atoms with van der Waals surface area (Å²) in [7, 11) is 0. The first-order valence-corrected chi connectivity index (χ1v) is 13.3. The lowest BCUT2D eigenvalue weighted by Gasteiger charge is -2.18. The number of likely N-dealkylation sites (tertiary alicyclic amines) is 1. The molecule has 196 valence electrons. The van der Waals surface area contributed by atoms with Crippen LogP contribution in [0.3, 0.4) is 0 Å². The summed E-state index contributed by atoms with van der Waals surface area (Å²) in [5, 5.41) is 10.0. The van der Waals surface area contributed by atoms with Gasteiger partial charge < -0.3 is 14.6 Å². The Morgan fingerprint density at radius 2 is 1.89 bits per heavy atom. The number of ether oxygens (including phenoxy) is 2. The van der Waals surface area contributed by atoms with E-state index in [0.29, 0.717) is 25.0 Å². The predicted molar refractivity (Wildman–Crippen MR) is 146 cm³/mol. The van der Waals surface area contributed by atoms with Crippen molar-refractivity contribution < 1.29 is 23.4 Å². The highest BCUT2D eigenvalue weighted by Gasteiger charge is 2.26. The molecule has 4 nitrogen and oxygen atoms in total. The van der Waals surface area contributed by atoms with Gasteiger partial charge in [0.05, 0.1) is 13.3 Å². The number of alkyl halides is 1. The maximum absolute atomic E-state index is 15.0. The van der Waals surface area contributed by atoms with E-state index in [9.17, 15) is 9.50 Å². The number of halogens is 2. The van der Waals surface area contributed by atoms with Gasteiger partial charge in [-0.15, -0.1) is 0 Å². The minimum atomic E-state index is -0.739. The van der Waals surface area contributed by atoms with E-state index in [0.717, 1.165) is 60.5 Å². The van der Waals surface area contributed by atoms with Crippen LogP contribution in [0.25, 0.3) is 17.2 Å². The molecule has 38 heavy (non-hydrogen) atoms. The van der Waals surface area contributed by atoms with Crippen molar-refractivity contribution in [3.63, 3.8) is 0 Å². The van der Waals surface area contributed by atoms with E-state index in [4.69, 9.17) is 9.47 Å². The molecule has 0 aromatic heterocycles. The number of benzene rings is 3. The van der Waals surface area contributed by atoms with Crippen LogP contribution in [-0.4, -0.2) is 49.0 Å². The van der Waals surface area contributed by atoms with Crippen LogP contribution in [0.4, 0.5) is 8.78 Å². The molecule has 3 aromatic carbocycles. The smallest absolute Gasteiger partial charge is 0.207 e. The van der Waals surface area contributed by atoms with Gasteiger partial charge in [0.15, 0.2) is 11.5 Å². The topological polar surface area (TPSA) is 41.9 Å². The molecule has 3 aromatic rings. The molecule has 1 fully saturated rings. The largest absolute Gasteiger partial charge is 0.505 e. The molecular weight excluding hydrogens is 484 g/mol. The van der Waals surface area contributed by atoms with Gasteiger partial charge in [-0.05, 0) is 83.0 Å². The molecule has 6 heteroatoms. The Hall–Kier alpha value is -3.64. The molecule has 0 radical (unpaired) electrons.